The van der Waals surface area contributed by atoms with Crippen molar-refractivity contribution < 1.29 is 33.7 Å². The van der Waals surface area contributed by atoms with E-state index >= 15 is 33.7 Å². The van der Waals surface area contributed by atoms with Crippen molar-refractivity contribution in [1.82, 2.24) is 54.4 Å². The van der Waals surface area contributed by atoms with Crippen molar-refractivity contribution in [2.45, 2.75) is 276 Å². The molecule has 584 valence electrons. The van der Waals surface area contributed by atoms with Gasteiger partial charge in [-0.05, 0) is 294 Å². The summed E-state index contributed by atoms with van der Waals surface area (Å²) in [4.78, 5) is 10.2. The van der Waals surface area contributed by atoms with Crippen LogP contribution in [-0.4, -0.2) is 194 Å². The van der Waals surface area contributed by atoms with Crippen LogP contribution in [0.25, 0.3) is 0 Å². The molecule has 0 spiro atoms. The fourth-order valence-electron chi connectivity index (χ4n) is 20.9. The second-order valence-electron chi connectivity index (χ2n) is 31.5. The fourth-order valence-corrected chi connectivity index (χ4v) is 26.9. The van der Waals surface area contributed by atoms with E-state index in [4.69, 9.17) is 0 Å². The normalized spacial score (nSPS) is 24.9. The Morgan fingerprint density at radius 2 is 0.490 bits per heavy atom. The fraction of sp³-hybridized carbons (Fsp3) is 0.704. The minimum absolute atomic E-state index is 0.0761. The molecule has 8 bridgehead atoms. The molecule has 9 rings (SSSR count). The zero-order chi connectivity index (χ0) is 76.2. The molecule has 0 radical (unpaired) electrons. The first-order valence-corrected chi connectivity index (χ1v) is 45.7. The van der Waals surface area contributed by atoms with Gasteiger partial charge in [-0.25, -0.2) is 52.6 Å². The van der Waals surface area contributed by atoms with Gasteiger partial charge in [0.25, 0.3) is 0 Å². The maximum Gasteiger partial charge on any atom is 0.241 e. The molecule has 104 heavy (non-hydrogen) atoms. The maximum atomic E-state index is 15.1. The lowest BCUT2D eigenvalue weighted by Crippen LogP contribution is -2.50. The van der Waals surface area contributed by atoms with Crippen LogP contribution < -0.4 is 34.8 Å². The van der Waals surface area contributed by atoms with E-state index in [0.717, 1.165) is 177 Å². The highest BCUT2D eigenvalue weighted by molar-refractivity contribution is 7.90. The lowest BCUT2D eigenvalue weighted by molar-refractivity contribution is 0.282. The highest BCUT2D eigenvalue weighted by Crippen LogP contribution is 2.55. The number of benzene rings is 4. The topological polar surface area (TPSA) is 234 Å². The van der Waals surface area contributed by atoms with E-state index in [2.05, 4.69) is 162 Å². The lowest BCUT2D eigenvalue weighted by atomic mass is 9.72. The molecule has 5 fully saturated rings. The Morgan fingerprint density at radius 1 is 0.298 bits per heavy atom. The van der Waals surface area contributed by atoms with Crippen LogP contribution in [0.4, 0.5) is 0 Å². The van der Waals surface area contributed by atoms with Crippen molar-refractivity contribution in [1.29, 1.82) is 0 Å². The van der Waals surface area contributed by atoms with Gasteiger partial charge in [-0.1, -0.05) is 79.7 Å². The summed E-state index contributed by atoms with van der Waals surface area (Å²) >= 11 is 0. The summed E-state index contributed by atoms with van der Waals surface area (Å²) < 4.78 is 133. The Labute approximate surface area is 629 Å². The van der Waals surface area contributed by atoms with Gasteiger partial charge in [0.1, 0.15) is 0 Å². The molecule has 5 aliphatic rings. The van der Waals surface area contributed by atoms with Crippen LogP contribution in [0, 0.1) is 94.9 Å². The molecule has 19 nitrogen and oxygen atoms in total. The highest BCUT2D eigenvalue weighted by Gasteiger charge is 2.52. The van der Waals surface area contributed by atoms with E-state index in [0.29, 0.717) is 68.0 Å². The molecule has 0 amide bonds. The summed E-state index contributed by atoms with van der Waals surface area (Å²) in [5.41, 5.74) is 14.3. The summed E-state index contributed by atoms with van der Waals surface area (Å²) in [5.74, 6) is -0.569. The Balaban J connectivity index is 1.28. The van der Waals surface area contributed by atoms with Crippen LogP contribution in [0.15, 0.2) is 43.8 Å². The average molecular weight is 1520 g/mol. The molecule has 4 saturated heterocycles. The average Bonchev–Trinajstić information content (AvgIpc) is 1.48. The molecule has 4 aliphatic heterocycles. The van der Waals surface area contributed by atoms with Gasteiger partial charge in [0.2, 0.25) is 40.1 Å². The molecule has 1 saturated carbocycles. The second kappa shape index (κ2) is 35.5. The van der Waals surface area contributed by atoms with Crippen molar-refractivity contribution in [3.63, 3.8) is 0 Å². The molecule has 7 N–H and O–H groups in total. The molecule has 4 heterocycles. The third kappa shape index (κ3) is 17.8. The molecular formula is C81H133N11O8S4. The van der Waals surface area contributed by atoms with E-state index in [9.17, 15) is 0 Å². The number of hydrogen-bond donors (Lipinski definition) is 7. The van der Waals surface area contributed by atoms with Crippen LogP contribution >= 0.6 is 0 Å². The first-order valence-electron chi connectivity index (χ1n) is 39.8. The predicted molar refractivity (Wildman–Crippen MR) is 426 cm³/mol. The van der Waals surface area contributed by atoms with Crippen molar-refractivity contribution in [2.24, 2.45) is 11.8 Å². The van der Waals surface area contributed by atoms with Gasteiger partial charge < -0.3 is 35.6 Å². The van der Waals surface area contributed by atoms with Gasteiger partial charge in [-0.3, -0.25) is 0 Å². The quantitative estimate of drug-likeness (QED) is 0.0241. The smallest absolute Gasteiger partial charge is 0.241 e. The second-order valence-corrected chi connectivity index (χ2v) is 38.3. The van der Waals surface area contributed by atoms with Gasteiger partial charge in [-0.15, -0.1) is 0 Å². The number of hydrogen-bond acceptors (Lipinski definition) is 15. The van der Waals surface area contributed by atoms with Crippen LogP contribution in [0.2, 0.25) is 0 Å². The highest BCUT2D eigenvalue weighted by atomic mass is 32.2. The summed E-state index contributed by atoms with van der Waals surface area (Å²) in [5, 5.41) is 13.3. The minimum atomic E-state index is -4.01. The van der Waals surface area contributed by atoms with Crippen molar-refractivity contribution in [3.8, 4) is 0 Å². The third-order valence-electron chi connectivity index (χ3n) is 25.5. The molecule has 23 heteroatoms. The van der Waals surface area contributed by atoms with Crippen LogP contribution in [-0.2, 0) is 40.1 Å². The van der Waals surface area contributed by atoms with Gasteiger partial charge in [0.15, 0.2) is 0 Å². The lowest BCUT2D eigenvalue weighted by Gasteiger charge is -2.39. The zero-order valence-corrected chi connectivity index (χ0v) is 70.4. The Kier molecular flexibility index (Phi) is 28.8. The number of aryl methyl sites for hydroxylation is 8. The predicted octanol–water partition coefficient (Wildman–Crippen LogP) is 11.1. The first-order chi connectivity index (χ1) is 49.2. The Morgan fingerprint density at radius 3 is 0.692 bits per heavy atom. The van der Waals surface area contributed by atoms with E-state index in [1.165, 1.54) is 0 Å². The van der Waals surface area contributed by atoms with E-state index in [1.807, 2.05) is 55.4 Å². The van der Waals surface area contributed by atoms with Crippen molar-refractivity contribution >= 4 is 40.1 Å². The standard InChI is InChI=1S/C81H133N11O8S4/c1-21-89(22-2)41-37-82-101(93,94)78-54(13)45-50(9)70(58(78)17)74-62-29-30-63(49-62)75(71-51(10)46-55(14)79(59(71)18)102(95,96)83-38-42-90(23-3)24-4)65-32-34-67(87-65)77(73-53(12)48-57(16)81(61(73)20)104(99,100)85-40-44-92(27-7)28-8)69-36-35-68(88-69)76(66-33-31-64(74)86-66)72-52(11)47-56(15)80(60(72)19)103(97,98)84-39-43-91(25-5)26-6/h45-48,62-69,74-77,82-88H,21-44,49H2,1-20H3. The summed E-state index contributed by atoms with van der Waals surface area (Å²) in [6.07, 6.45) is 7.22. The Hall–Kier alpha value is -3.76. The van der Waals surface area contributed by atoms with Crippen LogP contribution in [0.1, 0.15) is 226 Å². The molecule has 12 unspecified atom stereocenters. The molecule has 0 aromatic heterocycles. The van der Waals surface area contributed by atoms with E-state index in [1.54, 1.807) is 0 Å². The summed E-state index contributed by atoms with van der Waals surface area (Å²) in [6.45, 7) is 51.1. The van der Waals surface area contributed by atoms with Crippen molar-refractivity contribution in [3.05, 3.63) is 113 Å². The number of rotatable bonds is 32. The maximum absolute atomic E-state index is 15.1. The summed E-state index contributed by atoms with van der Waals surface area (Å²) in [7, 11) is -16.0. The van der Waals surface area contributed by atoms with Crippen molar-refractivity contribution in [2.75, 3.05) is 105 Å². The molecule has 1 aliphatic carbocycles. The van der Waals surface area contributed by atoms with Crippen LogP contribution in [0.5, 0.6) is 0 Å². The molecule has 4 aromatic carbocycles. The summed E-state index contributed by atoms with van der Waals surface area (Å²) in [6, 6.07) is 7.52. The number of fused-ring (bicyclic) bond motifs is 8. The molecule has 4 aromatic rings. The number of nitrogens with one attached hydrogen (secondary N) is 7. The SMILES string of the molecule is CCN(CC)CCNS(=O)(=O)c1c(C)cc(C)c(C2C3CCC(C3)C(c3c(C)cc(C)c(S(=O)(=O)NCCN(CC)CC)c3C)C3CCC(N3)C(c3c(C)cc(C)c(S(=O)(=O)NCCN(CC)CC)c3C)C3CCC(N3)C(c3c(C)cc(C)c(S(=O)(=O)NCCN(CC)CC)c3C)C3CCC2N3)c1C. The van der Waals surface area contributed by atoms with Gasteiger partial charge >= 0.3 is 0 Å². The monoisotopic (exact) mass is 1520 g/mol. The van der Waals surface area contributed by atoms with Crippen LogP contribution in [0.3, 0.4) is 0 Å². The van der Waals surface area contributed by atoms with Gasteiger partial charge in [0.05, 0.1) is 19.6 Å². The number of likely N-dealkylation sites (N-methyl/N-ethyl adjacent to an activating group) is 4. The van der Waals surface area contributed by atoms with E-state index < -0.39 is 40.1 Å². The first kappa shape index (κ1) is 84.3. The molecular weight excluding hydrogens is 1380 g/mol. The minimum Gasteiger partial charge on any atom is -0.310 e. The zero-order valence-electron chi connectivity index (χ0n) is 67.1. The van der Waals surface area contributed by atoms with Gasteiger partial charge in [-0.2, -0.15) is 0 Å². The largest absolute Gasteiger partial charge is 0.310 e. The Bertz CT molecular complexity index is 3570. The number of nitrogens with zero attached hydrogens (tertiary/aromatic N) is 4. The van der Waals surface area contributed by atoms with Gasteiger partial charge in [0, 0.05) is 112 Å². The third-order valence-corrected chi connectivity index (χ3v) is 32.5. The number of sulfonamides is 4. The van der Waals surface area contributed by atoms with E-state index in [-0.39, 0.29) is 97.9 Å². The molecule has 12 atom stereocenters.